The number of nitrogens with two attached hydrogens (primary N) is 1. The summed E-state index contributed by atoms with van der Waals surface area (Å²) in [5.74, 6) is 6.09. The lowest BCUT2D eigenvalue weighted by atomic mass is 10.2. The highest BCUT2D eigenvalue weighted by molar-refractivity contribution is 7.99. The molecule has 6 nitrogen and oxygen atoms in total. The van der Waals surface area contributed by atoms with Crippen LogP contribution in [-0.2, 0) is 13.5 Å². The van der Waals surface area contributed by atoms with Crippen LogP contribution in [0.5, 0.6) is 0 Å². The molecule has 0 unspecified atom stereocenters. The Morgan fingerprint density at radius 1 is 1.41 bits per heavy atom. The third-order valence-electron chi connectivity index (χ3n) is 2.36. The largest absolute Gasteiger partial charge is 0.329 e. The van der Waals surface area contributed by atoms with E-state index in [2.05, 4.69) is 20.4 Å². The molecule has 0 atom stereocenters. The van der Waals surface area contributed by atoms with Crippen molar-refractivity contribution in [2.75, 3.05) is 5.43 Å². The van der Waals surface area contributed by atoms with Crippen LogP contribution in [0.25, 0.3) is 0 Å². The summed E-state index contributed by atoms with van der Waals surface area (Å²) in [6, 6.07) is 0. The summed E-state index contributed by atoms with van der Waals surface area (Å²) in [5, 5.41) is 1.77. The second-order valence-corrected chi connectivity index (χ2v) is 4.38. The standard InChI is InChI=1S/C10H14N6S/c1-3-7-8(15-11)13-6-14-9(7)17-10-12-4-5-16(10)2/h4-6H,3,11H2,1-2H3,(H,13,14,15). The number of hydrogen-bond donors (Lipinski definition) is 2. The van der Waals surface area contributed by atoms with Gasteiger partial charge in [0.05, 0.1) is 0 Å². The first kappa shape index (κ1) is 11.9. The maximum atomic E-state index is 5.43. The van der Waals surface area contributed by atoms with Gasteiger partial charge in [-0.3, -0.25) is 0 Å². The molecule has 0 aliphatic carbocycles. The van der Waals surface area contributed by atoms with Gasteiger partial charge in [0, 0.05) is 25.0 Å². The Bertz CT molecular complexity index is 509. The van der Waals surface area contributed by atoms with E-state index in [4.69, 9.17) is 5.84 Å². The van der Waals surface area contributed by atoms with E-state index in [0.717, 1.165) is 22.2 Å². The van der Waals surface area contributed by atoms with Crippen LogP contribution in [-0.4, -0.2) is 19.5 Å². The van der Waals surface area contributed by atoms with Gasteiger partial charge in [0.1, 0.15) is 17.2 Å². The molecule has 0 spiro atoms. The summed E-state index contributed by atoms with van der Waals surface area (Å²) >= 11 is 1.51. The van der Waals surface area contributed by atoms with Gasteiger partial charge in [-0.05, 0) is 18.2 Å². The minimum atomic E-state index is 0.666. The molecule has 2 rings (SSSR count). The van der Waals surface area contributed by atoms with Crippen molar-refractivity contribution in [2.24, 2.45) is 12.9 Å². The number of nitrogens with one attached hydrogen (secondary N) is 1. The fraction of sp³-hybridized carbons (Fsp3) is 0.300. The molecule has 0 fully saturated rings. The fourth-order valence-electron chi connectivity index (χ4n) is 1.46. The van der Waals surface area contributed by atoms with Crippen molar-refractivity contribution in [3.05, 3.63) is 24.3 Å². The predicted molar refractivity (Wildman–Crippen MR) is 66.6 cm³/mol. The minimum absolute atomic E-state index is 0.666. The zero-order chi connectivity index (χ0) is 12.3. The molecule has 0 saturated carbocycles. The third kappa shape index (κ3) is 2.40. The molecule has 2 aromatic heterocycles. The lowest BCUT2D eigenvalue weighted by molar-refractivity contribution is 0.787. The van der Waals surface area contributed by atoms with Crippen molar-refractivity contribution in [3.8, 4) is 0 Å². The normalized spacial score (nSPS) is 10.5. The Kier molecular flexibility index (Phi) is 3.60. The Morgan fingerprint density at radius 2 is 2.24 bits per heavy atom. The smallest absolute Gasteiger partial charge is 0.174 e. The molecular weight excluding hydrogens is 236 g/mol. The summed E-state index contributed by atoms with van der Waals surface area (Å²) < 4.78 is 1.95. The molecule has 0 aliphatic rings. The highest BCUT2D eigenvalue weighted by Gasteiger charge is 2.12. The predicted octanol–water partition coefficient (Wildman–Crippen LogP) is 1.21. The van der Waals surface area contributed by atoms with Crippen LogP contribution in [0.4, 0.5) is 5.82 Å². The quantitative estimate of drug-likeness (QED) is 0.482. The monoisotopic (exact) mass is 250 g/mol. The van der Waals surface area contributed by atoms with E-state index >= 15 is 0 Å². The number of nitrogen functional groups attached to an aromatic ring is 1. The Labute approximate surface area is 104 Å². The number of aromatic nitrogens is 4. The van der Waals surface area contributed by atoms with Gasteiger partial charge in [0.25, 0.3) is 0 Å². The van der Waals surface area contributed by atoms with Crippen LogP contribution in [0.3, 0.4) is 0 Å². The van der Waals surface area contributed by atoms with Crippen molar-refractivity contribution < 1.29 is 0 Å². The second kappa shape index (κ2) is 5.15. The van der Waals surface area contributed by atoms with Gasteiger partial charge in [-0.2, -0.15) is 0 Å². The van der Waals surface area contributed by atoms with Gasteiger partial charge in [-0.25, -0.2) is 20.8 Å². The average molecular weight is 250 g/mol. The summed E-state index contributed by atoms with van der Waals surface area (Å²) in [4.78, 5) is 12.6. The topological polar surface area (TPSA) is 81.7 Å². The van der Waals surface area contributed by atoms with Crippen LogP contribution in [0.1, 0.15) is 12.5 Å². The van der Waals surface area contributed by atoms with E-state index in [-0.39, 0.29) is 0 Å². The second-order valence-electron chi connectivity index (χ2n) is 3.43. The molecule has 7 heteroatoms. The summed E-state index contributed by atoms with van der Waals surface area (Å²) in [7, 11) is 1.95. The molecule has 17 heavy (non-hydrogen) atoms. The van der Waals surface area contributed by atoms with Crippen LogP contribution < -0.4 is 11.3 Å². The van der Waals surface area contributed by atoms with Gasteiger partial charge in [-0.15, -0.1) is 0 Å². The molecule has 0 bridgehead atoms. The van der Waals surface area contributed by atoms with Gasteiger partial charge in [-0.1, -0.05) is 6.92 Å². The van der Waals surface area contributed by atoms with Gasteiger partial charge in [0.2, 0.25) is 0 Å². The number of hydrogen-bond acceptors (Lipinski definition) is 6. The van der Waals surface area contributed by atoms with Crippen molar-refractivity contribution in [2.45, 2.75) is 23.5 Å². The fourth-order valence-corrected chi connectivity index (χ4v) is 2.42. The lowest BCUT2D eigenvalue weighted by Crippen LogP contribution is -2.12. The van der Waals surface area contributed by atoms with Crippen LogP contribution in [0.2, 0.25) is 0 Å². The van der Waals surface area contributed by atoms with Gasteiger partial charge in [0.15, 0.2) is 5.16 Å². The number of anilines is 1. The van der Waals surface area contributed by atoms with E-state index in [9.17, 15) is 0 Å². The Hall–Kier alpha value is -1.60. The number of aryl methyl sites for hydroxylation is 1. The van der Waals surface area contributed by atoms with Crippen molar-refractivity contribution in [3.63, 3.8) is 0 Å². The maximum Gasteiger partial charge on any atom is 0.174 e. The third-order valence-corrected chi connectivity index (χ3v) is 3.48. The zero-order valence-corrected chi connectivity index (χ0v) is 10.5. The number of hydrazine groups is 1. The summed E-state index contributed by atoms with van der Waals surface area (Å²) in [5.41, 5.74) is 3.59. The molecule has 2 aromatic rings. The first-order chi connectivity index (χ1) is 8.26. The molecule has 0 saturated heterocycles. The molecule has 2 heterocycles. The highest BCUT2D eigenvalue weighted by Crippen LogP contribution is 2.29. The van der Waals surface area contributed by atoms with Crippen molar-refractivity contribution in [1.82, 2.24) is 19.5 Å². The maximum absolute atomic E-state index is 5.43. The van der Waals surface area contributed by atoms with Crippen LogP contribution in [0, 0.1) is 0 Å². The lowest BCUT2D eigenvalue weighted by Gasteiger charge is -2.09. The highest BCUT2D eigenvalue weighted by atomic mass is 32.2. The first-order valence-electron chi connectivity index (χ1n) is 5.22. The van der Waals surface area contributed by atoms with E-state index in [0.29, 0.717) is 5.82 Å². The van der Waals surface area contributed by atoms with E-state index in [1.807, 2.05) is 24.7 Å². The number of rotatable bonds is 4. The molecule has 0 aliphatic heterocycles. The molecule has 0 radical (unpaired) electrons. The average Bonchev–Trinajstić information content (AvgIpc) is 2.74. The van der Waals surface area contributed by atoms with Crippen LogP contribution >= 0.6 is 11.8 Å². The van der Waals surface area contributed by atoms with E-state index in [1.54, 1.807) is 6.20 Å². The Balaban J connectivity index is 2.36. The Morgan fingerprint density at radius 3 is 2.82 bits per heavy atom. The summed E-state index contributed by atoms with van der Waals surface area (Å²) in [6.07, 6.45) is 5.97. The minimum Gasteiger partial charge on any atom is -0.329 e. The zero-order valence-electron chi connectivity index (χ0n) is 9.71. The van der Waals surface area contributed by atoms with E-state index in [1.165, 1.54) is 18.1 Å². The summed E-state index contributed by atoms with van der Waals surface area (Å²) in [6.45, 7) is 2.04. The van der Waals surface area contributed by atoms with Crippen molar-refractivity contribution in [1.29, 1.82) is 0 Å². The van der Waals surface area contributed by atoms with E-state index < -0.39 is 0 Å². The molecular formula is C10H14N6S. The molecule has 0 amide bonds. The molecule has 3 N–H and O–H groups in total. The molecule has 0 aromatic carbocycles. The number of imidazole rings is 1. The first-order valence-corrected chi connectivity index (χ1v) is 6.03. The van der Waals surface area contributed by atoms with Crippen LogP contribution in [0.15, 0.2) is 28.9 Å². The van der Waals surface area contributed by atoms with Gasteiger partial charge < -0.3 is 9.99 Å². The van der Waals surface area contributed by atoms with Gasteiger partial charge >= 0.3 is 0 Å². The van der Waals surface area contributed by atoms with Crippen molar-refractivity contribution >= 4 is 17.6 Å². The molecule has 90 valence electrons. The number of nitrogens with zero attached hydrogens (tertiary/aromatic N) is 4. The SMILES string of the molecule is CCc1c(NN)ncnc1Sc1nccn1C.